The van der Waals surface area contributed by atoms with E-state index in [1.807, 2.05) is 0 Å². The van der Waals surface area contributed by atoms with Crippen molar-refractivity contribution in [2.45, 2.75) is 12.8 Å². The number of benzene rings is 1. The molecule has 0 aromatic heterocycles. The highest BCUT2D eigenvalue weighted by Crippen LogP contribution is 2.10. The van der Waals surface area contributed by atoms with E-state index in [1.54, 1.807) is 18.0 Å². The van der Waals surface area contributed by atoms with E-state index in [0.29, 0.717) is 0 Å². The molecule has 2 rings (SSSR count). The molecular weight excluding hydrogens is 247 g/mol. The number of carbonyl (C=O) groups excluding carboxylic acids is 2. The van der Waals surface area contributed by atoms with Gasteiger partial charge in [-0.15, -0.1) is 0 Å². The largest absolute Gasteiger partial charge is 0.341 e. The predicted molar refractivity (Wildman–Crippen MR) is 69.2 cm³/mol. The second-order valence-corrected chi connectivity index (χ2v) is 4.76. The zero-order valence-electron chi connectivity index (χ0n) is 10.9. The fourth-order valence-corrected chi connectivity index (χ4v) is 2.18. The summed E-state index contributed by atoms with van der Waals surface area (Å²) in [6, 6.07) is 5.49. The molecule has 102 valence electrons. The molecule has 19 heavy (non-hydrogen) atoms. The van der Waals surface area contributed by atoms with Crippen LogP contribution < -0.4 is 0 Å². The maximum Gasteiger partial charge on any atom is 0.254 e. The molecule has 1 fully saturated rings. The van der Waals surface area contributed by atoms with Gasteiger partial charge in [0.1, 0.15) is 5.82 Å². The van der Waals surface area contributed by atoms with Gasteiger partial charge in [-0.2, -0.15) is 0 Å². The summed E-state index contributed by atoms with van der Waals surface area (Å²) in [5.41, 5.74) is 0.261. The molecule has 0 unspecified atom stereocenters. The number of nitrogens with zero attached hydrogens (tertiary/aromatic N) is 2. The van der Waals surface area contributed by atoms with Crippen LogP contribution in [0.5, 0.6) is 0 Å². The fourth-order valence-electron chi connectivity index (χ4n) is 2.18. The Kier molecular flexibility index (Phi) is 4.14. The standard InChI is InChI=1S/C14H17FN2O2/c1-16(10-13(18)17-7-2-3-8-17)14(19)11-5-4-6-12(15)9-11/h4-6,9H,2-3,7-8,10H2,1H3. The van der Waals surface area contributed by atoms with Crippen LogP contribution >= 0.6 is 0 Å². The van der Waals surface area contributed by atoms with Gasteiger partial charge in [-0.1, -0.05) is 6.07 Å². The van der Waals surface area contributed by atoms with Crippen LogP contribution in [0.3, 0.4) is 0 Å². The third kappa shape index (κ3) is 3.30. The van der Waals surface area contributed by atoms with Gasteiger partial charge in [0.25, 0.3) is 5.91 Å². The Morgan fingerprint density at radius 3 is 2.63 bits per heavy atom. The second-order valence-electron chi connectivity index (χ2n) is 4.76. The van der Waals surface area contributed by atoms with Crippen molar-refractivity contribution in [1.82, 2.24) is 9.80 Å². The first kappa shape index (κ1) is 13.5. The highest BCUT2D eigenvalue weighted by atomic mass is 19.1. The SMILES string of the molecule is CN(CC(=O)N1CCCC1)C(=O)c1cccc(F)c1. The Morgan fingerprint density at radius 2 is 2.00 bits per heavy atom. The molecule has 0 spiro atoms. The van der Waals surface area contributed by atoms with Crippen LogP contribution in [0.15, 0.2) is 24.3 Å². The number of hydrogen-bond acceptors (Lipinski definition) is 2. The summed E-state index contributed by atoms with van der Waals surface area (Å²) in [5.74, 6) is -0.845. The molecule has 0 atom stereocenters. The molecule has 1 aliphatic rings. The van der Waals surface area contributed by atoms with Gasteiger partial charge in [0, 0.05) is 25.7 Å². The van der Waals surface area contributed by atoms with Crippen LogP contribution in [0.1, 0.15) is 23.2 Å². The van der Waals surface area contributed by atoms with Gasteiger partial charge in [0.2, 0.25) is 5.91 Å². The lowest BCUT2D eigenvalue weighted by atomic mass is 10.2. The summed E-state index contributed by atoms with van der Waals surface area (Å²) in [6.45, 7) is 1.57. The number of hydrogen-bond donors (Lipinski definition) is 0. The lowest BCUT2D eigenvalue weighted by molar-refractivity contribution is -0.130. The quantitative estimate of drug-likeness (QED) is 0.830. The predicted octanol–water partition coefficient (Wildman–Crippen LogP) is 1.52. The summed E-state index contributed by atoms with van der Waals surface area (Å²) in [6.07, 6.45) is 2.04. The first-order valence-corrected chi connectivity index (χ1v) is 6.37. The number of likely N-dealkylation sites (tertiary alicyclic amines) is 1. The van der Waals surface area contributed by atoms with Crippen LogP contribution in [0.25, 0.3) is 0 Å². The Hall–Kier alpha value is -1.91. The number of likely N-dealkylation sites (N-methyl/N-ethyl adjacent to an activating group) is 1. The van der Waals surface area contributed by atoms with E-state index in [1.165, 1.54) is 23.1 Å². The van der Waals surface area contributed by atoms with Crippen molar-refractivity contribution in [2.75, 3.05) is 26.7 Å². The molecule has 5 heteroatoms. The summed E-state index contributed by atoms with van der Waals surface area (Å²) >= 11 is 0. The van der Waals surface area contributed by atoms with E-state index in [-0.39, 0.29) is 23.9 Å². The van der Waals surface area contributed by atoms with E-state index >= 15 is 0 Å². The number of rotatable bonds is 3. The van der Waals surface area contributed by atoms with Crippen LogP contribution in [-0.2, 0) is 4.79 Å². The van der Waals surface area contributed by atoms with Crippen molar-refractivity contribution < 1.29 is 14.0 Å². The highest BCUT2D eigenvalue weighted by molar-refractivity contribution is 5.96. The minimum Gasteiger partial charge on any atom is -0.341 e. The van der Waals surface area contributed by atoms with Gasteiger partial charge >= 0.3 is 0 Å². The van der Waals surface area contributed by atoms with Crippen LogP contribution in [-0.4, -0.2) is 48.3 Å². The van der Waals surface area contributed by atoms with Gasteiger partial charge in [0.15, 0.2) is 0 Å². The summed E-state index contributed by atoms with van der Waals surface area (Å²) in [7, 11) is 1.56. The van der Waals surface area contributed by atoms with E-state index in [2.05, 4.69) is 0 Å². The number of carbonyl (C=O) groups is 2. The van der Waals surface area contributed by atoms with Gasteiger partial charge in [-0.25, -0.2) is 4.39 Å². The topological polar surface area (TPSA) is 40.6 Å². The Labute approximate surface area is 111 Å². The zero-order chi connectivity index (χ0) is 13.8. The van der Waals surface area contributed by atoms with Crippen molar-refractivity contribution >= 4 is 11.8 Å². The minimum absolute atomic E-state index is 0.0371. The lowest BCUT2D eigenvalue weighted by Crippen LogP contribution is -2.39. The van der Waals surface area contributed by atoms with Gasteiger partial charge in [-0.05, 0) is 31.0 Å². The van der Waals surface area contributed by atoms with Crippen LogP contribution in [0.4, 0.5) is 4.39 Å². The van der Waals surface area contributed by atoms with E-state index in [0.717, 1.165) is 25.9 Å². The average Bonchev–Trinajstić information content (AvgIpc) is 2.91. The molecule has 1 aromatic rings. The molecule has 0 N–H and O–H groups in total. The molecule has 0 bridgehead atoms. The van der Waals surface area contributed by atoms with Gasteiger partial charge in [-0.3, -0.25) is 9.59 Å². The molecule has 0 radical (unpaired) electrons. The van der Waals surface area contributed by atoms with E-state index in [4.69, 9.17) is 0 Å². The van der Waals surface area contributed by atoms with E-state index in [9.17, 15) is 14.0 Å². The summed E-state index contributed by atoms with van der Waals surface area (Å²) < 4.78 is 13.1. The van der Waals surface area contributed by atoms with Crippen molar-refractivity contribution in [1.29, 1.82) is 0 Å². The Morgan fingerprint density at radius 1 is 1.32 bits per heavy atom. The molecule has 0 aliphatic carbocycles. The fraction of sp³-hybridized carbons (Fsp3) is 0.429. The highest BCUT2D eigenvalue weighted by Gasteiger charge is 2.21. The van der Waals surface area contributed by atoms with Crippen molar-refractivity contribution in [3.8, 4) is 0 Å². The molecular formula is C14H17FN2O2. The molecule has 0 saturated carbocycles. The summed E-state index contributed by atoms with van der Waals surface area (Å²) in [4.78, 5) is 27.0. The minimum atomic E-state index is -0.454. The van der Waals surface area contributed by atoms with Crippen molar-refractivity contribution in [3.05, 3.63) is 35.6 Å². The monoisotopic (exact) mass is 264 g/mol. The van der Waals surface area contributed by atoms with Crippen molar-refractivity contribution in [2.24, 2.45) is 0 Å². The molecule has 1 heterocycles. The zero-order valence-corrected chi connectivity index (χ0v) is 10.9. The maximum atomic E-state index is 13.1. The van der Waals surface area contributed by atoms with Gasteiger partial charge < -0.3 is 9.80 Å². The van der Waals surface area contributed by atoms with Crippen LogP contribution in [0.2, 0.25) is 0 Å². The maximum absolute atomic E-state index is 13.1. The average molecular weight is 264 g/mol. The number of amides is 2. The normalized spacial score (nSPS) is 14.5. The molecule has 1 saturated heterocycles. The first-order valence-electron chi connectivity index (χ1n) is 6.37. The smallest absolute Gasteiger partial charge is 0.254 e. The van der Waals surface area contributed by atoms with Crippen LogP contribution in [0, 0.1) is 5.82 Å². The molecule has 4 nitrogen and oxygen atoms in total. The number of halogens is 1. The van der Waals surface area contributed by atoms with Crippen molar-refractivity contribution in [3.63, 3.8) is 0 Å². The Balaban J connectivity index is 1.97. The Bertz CT molecular complexity index is 484. The summed E-state index contributed by atoms with van der Waals surface area (Å²) in [5, 5.41) is 0. The van der Waals surface area contributed by atoms with E-state index < -0.39 is 5.82 Å². The molecule has 2 amide bonds. The molecule has 1 aromatic carbocycles. The lowest BCUT2D eigenvalue weighted by Gasteiger charge is -2.21. The first-order chi connectivity index (χ1) is 9.08. The molecule has 1 aliphatic heterocycles. The second kappa shape index (κ2) is 5.82. The third-order valence-electron chi connectivity index (χ3n) is 3.25. The van der Waals surface area contributed by atoms with Gasteiger partial charge in [0.05, 0.1) is 6.54 Å². The third-order valence-corrected chi connectivity index (χ3v) is 3.25.